The second-order valence-corrected chi connectivity index (χ2v) is 2.43. The first-order valence-electron chi connectivity index (χ1n) is 3.70. The smallest absolute Gasteiger partial charge is 0.292 e. The topological polar surface area (TPSA) is 79.0 Å². The fourth-order valence-corrected chi connectivity index (χ4v) is 0.944. The molecule has 0 aliphatic carbocycles. The van der Waals surface area contributed by atoms with Crippen molar-refractivity contribution in [1.82, 2.24) is 0 Å². The van der Waals surface area contributed by atoms with E-state index in [0.717, 1.165) is 18.2 Å². The summed E-state index contributed by atoms with van der Waals surface area (Å²) in [5.41, 5.74) is -0.238. The van der Waals surface area contributed by atoms with Gasteiger partial charge in [0.05, 0.1) is 11.0 Å². The summed E-state index contributed by atoms with van der Waals surface area (Å²) in [7, 11) is 0. The molecule has 1 N–H and O–H groups in total. The van der Waals surface area contributed by atoms with E-state index in [1.54, 1.807) is 6.07 Å². The predicted molar refractivity (Wildman–Crippen MR) is 47.2 cm³/mol. The Kier molecular flexibility index (Phi) is 2.97. The lowest BCUT2D eigenvalue weighted by atomic mass is 10.2. The van der Waals surface area contributed by atoms with Gasteiger partial charge >= 0.3 is 0 Å². The lowest BCUT2D eigenvalue weighted by molar-refractivity contribution is -0.384. The predicted octanol–water partition coefficient (Wildman–Crippen LogP) is 1.67. The lowest BCUT2D eigenvalue weighted by Gasteiger charge is -2.02. The van der Waals surface area contributed by atoms with Gasteiger partial charge < -0.3 is 5.32 Å². The van der Waals surface area contributed by atoms with Crippen molar-refractivity contribution in [2.24, 2.45) is 0 Å². The number of rotatable bonds is 3. The number of nitrogens with zero attached hydrogens (tertiary/aromatic N) is 2. The lowest BCUT2D eigenvalue weighted by Crippen LogP contribution is -2.02. The minimum absolute atomic E-state index is 0.0107. The van der Waals surface area contributed by atoms with Crippen LogP contribution in [0.2, 0.25) is 0 Å². The van der Waals surface area contributed by atoms with Crippen LogP contribution in [-0.2, 0) is 0 Å². The molecule has 0 saturated heterocycles. The first-order chi connectivity index (χ1) is 6.65. The van der Waals surface area contributed by atoms with Gasteiger partial charge in [0.2, 0.25) is 0 Å². The second kappa shape index (κ2) is 4.18. The normalized spacial score (nSPS) is 9.14. The summed E-state index contributed by atoms with van der Waals surface area (Å²) in [6.45, 7) is -0.107. The molecule has 72 valence electrons. The van der Waals surface area contributed by atoms with Crippen LogP contribution in [-0.4, -0.2) is 11.5 Å². The minimum atomic E-state index is -0.640. The van der Waals surface area contributed by atoms with Crippen LogP contribution >= 0.6 is 0 Å². The molecule has 6 heteroatoms. The highest BCUT2D eigenvalue weighted by molar-refractivity contribution is 5.61. The first-order valence-corrected chi connectivity index (χ1v) is 3.70. The Balaban J connectivity index is 3.04. The van der Waals surface area contributed by atoms with Gasteiger partial charge in [-0.15, -0.1) is 0 Å². The molecule has 0 radical (unpaired) electrons. The van der Waals surface area contributed by atoms with Crippen molar-refractivity contribution in [3.8, 4) is 6.07 Å². The van der Waals surface area contributed by atoms with E-state index >= 15 is 0 Å². The van der Waals surface area contributed by atoms with E-state index in [9.17, 15) is 14.5 Å². The molecule has 0 amide bonds. The van der Waals surface area contributed by atoms with E-state index in [1.165, 1.54) is 0 Å². The SMILES string of the molecule is N#CCNc1cc(F)ccc1[N+](=O)[O-]. The summed E-state index contributed by atoms with van der Waals surface area (Å²) < 4.78 is 12.7. The maximum atomic E-state index is 12.7. The number of hydrogen-bond donors (Lipinski definition) is 1. The van der Waals surface area contributed by atoms with Crippen LogP contribution < -0.4 is 5.32 Å². The third-order valence-corrected chi connectivity index (χ3v) is 1.51. The third kappa shape index (κ3) is 2.17. The van der Waals surface area contributed by atoms with Gasteiger partial charge in [-0.25, -0.2) is 4.39 Å². The van der Waals surface area contributed by atoms with Crippen LogP contribution in [0.3, 0.4) is 0 Å². The maximum absolute atomic E-state index is 12.7. The average Bonchev–Trinajstić information content (AvgIpc) is 2.14. The molecule has 1 aromatic rings. The molecule has 0 aromatic heterocycles. The molecule has 5 nitrogen and oxygen atoms in total. The fraction of sp³-hybridized carbons (Fsp3) is 0.125. The minimum Gasteiger partial charge on any atom is -0.367 e. The zero-order valence-electron chi connectivity index (χ0n) is 7.03. The molecule has 0 aliphatic heterocycles. The van der Waals surface area contributed by atoms with Crippen molar-refractivity contribution in [2.75, 3.05) is 11.9 Å². The fourth-order valence-electron chi connectivity index (χ4n) is 0.944. The Bertz CT molecular complexity index is 400. The van der Waals surface area contributed by atoms with E-state index in [1.807, 2.05) is 0 Å². The van der Waals surface area contributed by atoms with Gasteiger partial charge in [-0.05, 0) is 6.07 Å². The molecular weight excluding hydrogens is 189 g/mol. The van der Waals surface area contributed by atoms with Gasteiger partial charge in [0.15, 0.2) is 0 Å². The average molecular weight is 195 g/mol. The summed E-state index contributed by atoms with van der Waals surface area (Å²) in [5, 5.41) is 21.1. The van der Waals surface area contributed by atoms with E-state index in [4.69, 9.17) is 5.26 Å². The zero-order chi connectivity index (χ0) is 10.6. The Hall–Kier alpha value is -2.16. The molecular formula is C8H6FN3O2. The van der Waals surface area contributed by atoms with Crippen LogP contribution in [0.15, 0.2) is 18.2 Å². The monoisotopic (exact) mass is 195 g/mol. The van der Waals surface area contributed by atoms with Crippen molar-refractivity contribution in [1.29, 1.82) is 5.26 Å². The number of nitriles is 1. The molecule has 0 aliphatic rings. The van der Waals surface area contributed by atoms with E-state index < -0.39 is 10.7 Å². The molecule has 0 heterocycles. The molecule has 0 bridgehead atoms. The highest BCUT2D eigenvalue weighted by Crippen LogP contribution is 2.24. The van der Waals surface area contributed by atoms with Gasteiger partial charge in [-0.2, -0.15) is 5.26 Å². The highest BCUT2D eigenvalue weighted by Gasteiger charge is 2.13. The number of nitrogens with one attached hydrogen (secondary N) is 1. The molecule has 14 heavy (non-hydrogen) atoms. The zero-order valence-corrected chi connectivity index (χ0v) is 7.03. The van der Waals surface area contributed by atoms with Crippen molar-refractivity contribution < 1.29 is 9.31 Å². The quantitative estimate of drug-likeness (QED) is 0.452. The van der Waals surface area contributed by atoms with Crippen LogP contribution in [0.1, 0.15) is 0 Å². The van der Waals surface area contributed by atoms with E-state index in [0.29, 0.717) is 0 Å². The van der Waals surface area contributed by atoms with Crippen molar-refractivity contribution in [3.63, 3.8) is 0 Å². The number of benzene rings is 1. The number of anilines is 1. The van der Waals surface area contributed by atoms with Crippen LogP contribution in [0.25, 0.3) is 0 Å². The van der Waals surface area contributed by atoms with Gasteiger partial charge in [0.1, 0.15) is 18.0 Å². The molecule has 0 spiro atoms. The number of halogens is 1. The van der Waals surface area contributed by atoms with Crippen LogP contribution in [0.4, 0.5) is 15.8 Å². The Morgan fingerprint density at radius 1 is 1.64 bits per heavy atom. The molecule has 0 fully saturated rings. The molecule has 1 aromatic carbocycles. The Labute approximate surface area is 78.9 Å². The van der Waals surface area contributed by atoms with Crippen LogP contribution in [0.5, 0.6) is 0 Å². The highest BCUT2D eigenvalue weighted by atomic mass is 19.1. The first kappa shape index (κ1) is 9.92. The Morgan fingerprint density at radius 3 is 2.93 bits per heavy atom. The third-order valence-electron chi connectivity index (χ3n) is 1.51. The summed E-state index contributed by atoms with van der Waals surface area (Å²) >= 11 is 0. The summed E-state index contributed by atoms with van der Waals surface area (Å²) in [5.74, 6) is -0.587. The number of nitro groups is 1. The Morgan fingerprint density at radius 2 is 2.36 bits per heavy atom. The molecule has 0 saturated carbocycles. The van der Waals surface area contributed by atoms with Crippen molar-refractivity contribution >= 4 is 11.4 Å². The van der Waals surface area contributed by atoms with Crippen molar-refractivity contribution in [2.45, 2.75) is 0 Å². The number of hydrogen-bond acceptors (Lipinski definition) is 4. The van der Waals surface area contributed by atoms with E-state index in [2.05, 4.69) is 5.32 Å². The molecule has 1 rings (SSSR count). The number of nitro benzene ring substituents is 1. The van der Waals surface area contributed by atoms with Gasteiger partial charge in [0, 0.05) is 12.1 Å². The van der Waals surface area contributed by atoms with Crippen LogP contribution in [0, 0.1) is 27.3 Å². The maximum Gasteiger partial charge on any atom is 0.292 e. The van der Waals surface area contributed by atoms with Gasteiger partial charge in [-0.3, -0.25) is 10.1 Å². The molecule has 0 atom stereocenters. The largest absolute Gasteiger partial charge is 0.367 e. The summed E-state index contributed by atoms with van der Waals surface area (Å²) in [6, 6.07) is 4.77. The standard InChI is InChI=1S/C8H6FN3O2/c9-6-1-2-8(12(13)14)7(5-6)11-4-3-10/h1-2,5,11H,4H2. The summed E-state index contributed by atoms with van der Waals surface area (Å²) in [4.78, 5) is 9.82. The summed E-state index contributed by atoms with van der Waals surface area (Å²) in [6.07, 6.45) is 0. The van der Waals surface area contributed by atoms with Gasteiger partial charge in [0.25, 0.3) is 5.69 Å². The molecule has 0 unspecified atom stereocenters. The van der Waals surface area contributed by atoms with Gasteiger partial charge in [-0.1, -0.05) is 0 Å². The second-order valence-electron chi connectivity index (χ2n) is 2.43. The van der Waals surface area contributed by atoms with Crippen molar-refractivity contribution in [3.05, 3.63) is 34.1 Å². The van der Waals surface area contributed by atoms with E-state index in [-0.39, 0.29) is 17.9 Å².